The van der Waals surface area contributed by atoms with Crippen LogP contribution in [-0.4, -0.2) is 30.2 Å². The Morgan fingerprint density at radius 2 is 1.81 bits per heavy atom. The van der Waals surface area contributed by atoms with E-state index in [2.05, 4.69) is 17.6 Å². The van der Waals surface area contributed by atoms with Gasteiger partial charge in [0.05, 0.1) is 6.42 Å². The summed E-state index contributed by atoms with van der Waals surface area (Å²) >= 11 is 0. The van der Waals surface area contributed by atoms with Crippen molar-refractivity contribution < 1.29 is 14.4 Å². The van der Waals surface area contributed by atoms with Gasteiger partial charge in [0.15, 0.2) is 0 Å². The maximum atomic E-state index is 11.7. The predicted molar refractivity (Wildman–Crippen MR) is 81.8 cm³/mol. The highest BCUT2D eigenvalue weighted by Crippen LogP contribution is 2.09. The van der Waals surface area contributed by atoms with E-state index in [-0.39, 0.29) is 24.0 Å². The van der Waals surface area contributed by atoms with E-state index in [9.17, 15) is 14.4 Å². The fraction of sp³-hybridized carbons (Fsp3) is 0.812. The Labute approximate surface area is 127 Å². The van der Waals surface area contributed by atoms with Gasteiger partial charge in [-0.2, -0.15) is 0 Å². The van der Waals surface area contributed by atoms with E-state index in [1.165, 1.54) is 32.1 Å². The normalized spacial score (nSPS) is 17.6. The lowest BCUT2D eigenvalue weighted by Gasteiger charge is -2.09. The van der Waals surface area contributed by atoms with Gasteiger partial charge < -0.3 is 10.6 Å². The molecule has 1 heterocycles. The monoisotopic (exact) mass is 296 g/mol. The van der Waals surface area contributed by atoms with Crippen LogP contribution in [0.4, 0.5) is 0 Å². The van der Waals surface area contributed by atoms with Crippen LogP contribution in [0.25, 0.3) is 0 Å². The summed E-state index contributed by atoms with van der Waals surface area (Å²) in [5, 5.41) is 5.26. The molecule has 1 fully saturated rings. The Morgan fingerprint density at radius 1 is 1.14 bits per heavy atom. The third-order valence-electron chi connectivity index (χ3n) is 3.80. The summed E-state index contributed by atoms with van der Waals surface area (Å²) in [4.78, 5) is 34.6. The van der Waals surface area contributed by atoms with Crippen LogP contribution in [0.1, 0.15) is 71.1 Å². The van der Waals surface area contributed by atoms with Gasteiger partial charge in [0.1, 0.15) is 11.8 Å². The van der Waals surface area contributed by atoms with Crippen LogP contribution >= 0.6 is 0 Å². The molecule has 1 aliphatic heterocycles. The number of amides is 2. The Kier molecular flexibility index (Phi) is 8.71. The minimum atomic E-state index is -0.455. The molecule has 2 amide bonds. The van der Waals surface area contributed by atoms with Crippen molar-refractivity contribution in [2.75, 3.05) is 6.54 Å². The van der Waals surface area contributed by atoms with Crippen LogP contribution in [0.15, 0.2) is 0 Å². The van der Waals surface area contributed by atoms with E-state index in [0.717, 1.165) is 12.8 Å². The first-order valence-corrected chi connectivity index (χ1v) is 8.22. The molecular formula is C16H28N2O3. The number of carbonyl (C=O) groups is 3. The summed E-state index contributed by atoms with van der Waals surface area (Å²) in [6.45, 7) is 2.79. The summed E-state index contributed by atoms with van der Waals surface area (Å²) in [7, 11) is 0. The highest BCUT2D eigenvalue weighted by atomic mass is 16.2. The Bertz CT molecular complexity index is 355. The summed E-state index contributed by atoms with van der Waals surface area (Å²) in [5.41, 5.74) is 0. The van der Waals surface area contributed by atoms with Gasteiger partial charge in [0, 0.05) is 13.0 Å². The van der Waals surface area contributed by atoms with E-state index in [0.29, 0.717) is 19.4 Å². The molecule has 0 aliphatic carbocycles. The first kappa shape index (κ1) is 17.7. The Balaban J connectivity index is 2.02. The van der Waals surface area contributed by atoms with Crippen LogP contribution in [0.5, 0.6) is 0 Å². The molecule has 21 heavy (non-hydrogen) atoms. The average Bonchev–Trinajstić information content (AvgIpc) is 2.83. The van der Waals surface area contributed by atoms with Crippen molar-refractivity contribution in [1.82, 2.24) is 10.6 Å². The highest BCUT2D eigenvalue weighted by molar-refractivity contribution is 5.99. The molecule has 1 rings (SSSR count). The van der Waals surface area contributed by atoms with Gasteiger partial charge in [-0.1, -0.05) is 45.4 Å². The zero-order chi connectivity index (χ0) is 15.5. The first-order chi connectivity index (χ1) is 10.1. The van der Waals surface area contributed by atoms with Crippen molar-refractivity contribution >= 4 is 17.6 Å². The third-order valence-corrected chi connectivity index (χ3v) is 3.80. The van der Waals surface area contributed by atoms with Crippen LogP contribution in [0, 0.1) is 0 Å². The quantitative estimate of drug-likeness (QED) is 0.453. The molecule has 0 aromatic carbocycles. The Hall–Kier alpha value is -1.39. The van der Waals surface area contributed by atoms with Crippen molar-refractivity contribution in [3.05, 3.63) is 0 Å². The topological polar surface area (TPSA) is 75.3 Å². The van der Waals surface area contributed by atoms with Crippen molar-refractivity contribution in [3.8, 4) is 0 Å². The van der Waals surface area contributed by atoms with Crippen LogP contribution in [-0.2, 0) is 14.4 Å². The van der Waals surface area contributed by atoms with E-state index < -0.39 is 6.04 Å². The maximum absolute atomic E-state index is 11.7. The second-order valence-electron chi connectivity index (χ2n) is 5.79. The van der Waals surface area contributed by atoms with Gasteiger partial charge in [-0.15, -0.1) is 0 Å². The zero-order valence-corrected chi connectivity index (χ0v) is 13.1. The van der Waals surface area contributed by atoms with Gasteiger partial charge in [-0.05, 0) is 12.8 Å². The fourth-order valence-electron chi connectivity index (χ4n) is 2.52. The second-order valence-corrected chi connectivity index (χ2v) is 5.79. The molecule has 1 aliphatic rings. The number of hydrogen-bond acceptors (Lipinski definition) is 3. The molecule has 1 saturated heterocycles. The molecule has 5 nitrogen and oxygen atoms in total. The van der Waals surface area contributed by atoms with Crippen LogP contribution in [0.2, 0.25) is 0 Å². The average molecular weight is 296 g/mol. The molecule has 0 unspecified atom stereocenters. The molecule has 120 valence electrons. The summed E-state index contributed by atoms with van der Waals surface area (Å²) < 4.78 is 0. The number of unbranched alkanes of at least 4 members (excludes halogenated alkanes) is 6. The van der Waals surface area contributed by atoms with Crippen LogP contribution < -0.4 is 10.6 Å². The van der Waals surface area contributed by atoms with Gasteiger partial charge >= 0.3 is 0 Å². The second kappa shape index (κ2) is 10.4. The van der Waals surface area contributed by atoms with Gasteiger partial charge in [0.2, 0.25) is 11.8 Å². The molecule has 0 spiro atoms. The number of Topliss-reactive ketones (excluding diaryl/α,β-unsaturated/α-hetero) is 1. The number of carbonyl (C=O) groups excluding carboxylic acids is 3. The summed E-state index contributed by atoms with van der Waals surface area (Å²) in [5.74, 6) is -0.507. The van der Waals surface area contributed by atoms with Crippen LogP contribution in [0.3, 0.4) is 0 Å². The van der Waals surface area contributed by atoms with Crippen molar-refractivity contribution in [3.63, 3.8) is 0 Å². The Morgan fingerprint density at radius 3 is 2.43 bits per heavy atom. The van der Waals surface area contributed by atoms with Crippen molar-refractivity contribution in [1.29, 1.82) is 0 Å². The van der Waals surface area contributed by atoms with E-state index in [4.69, 9.17) is 0 Å². The van der Waals surface area contributed by atoms with Crippen molar-refractivity contribution in [2.24, 2.45) is 0 Å². The lowest BCUT2D eigenvalue weighted by atomic mass is 10.1. The number of hydrogen-bond donors (Lipinski definition) is 2. The largest absolute Gasteiger partial charge is 0.354 e. The predicted octanol–water partition coefficient (Wildman–Crippen LogP) is 2.09. The summed E-state index contributed by atoms with van der Waals surface area (Å²) in [6.07, 6.45) is 9.11. The molecule has 0 saturated carbocycles. The van der Waals surface area contributed by atoms with Gasteiger partial charge in [0.25, 0.3) is 0 Å². The van der Waals surface area contributed by atoms with Gasteiger partial charge in [-0.25, -0.2) is 0 Å². The lowest BCUT2D eigenvalue weighted by molar-refractivity contribution is -0.131. The number of rotatable bonds is 11. The fourth-order valence-corrected chi connectivity index (χ4v) is 2.52. The molecule has 0 aromatic rings. The van der Waals surface area contributed by atoms with Crippen molar-refractivity contribution in [2.45, 2.75) is 77.2 Å². The third kappa shape index (κ3) is 7.83. The van der Waals surface area contributed by atoms with E-state index in [1.807, 2.05) is 0 Å². The standard InChI is InChI=1S/C16H28N2O3/c1-2-3-4-5-6-7-8-9-13(19)12-15(20)18-14-10-11-17-16(14)21/h14H,2-12H2,1H3,(H,17,21)(H,18,20)/t14-/m0/s1. The van der Waals surface area contributed by atoms with E-state index in [1.54, 1.807) is 0 Å². The molecule has 1 atom stereocenters. The molecule has 0 radical (unpaired) electrons. The molecule has 5 heteroatoms. The minimum Gasteiger partial charge on any atom is -0.354 e. The maximum Gasteiger partial charge on any atom is 0.242 e. The summed E-state index contributed by atoms with van der Waals surface area (Å²) in [6, 6.07) is -0.455. The minimum absolute atomic E-state index is 0.0283. The molecule has 0 bridgehead atoms. The lowest BCUT2D eigenvalue weighted by Crippen LogP contribution is -2.40. The molecule has 0 aromatic heterocycles. The van der Waals surface area contributed by atoms with Gasteiger partial charge in [-0.3, -0.25) is 14.4 Å². The number of ketones is 1. The molecule has 2 N–H and O–H groups in total. The van der Waals surface area contributed by atoms with E-state index >= 15 is 0 Å². The SMILES string of the molecule is CCCCCCCCCC(=O)CC(=O)N[C@H]1CCNC1=O. The zero-order valence-electron chi connectivity index (χ0n) is 13.1. The smallest absolute Gasteiger partial charge is 0.242 e. The molecular weight excluding hydrogens is 268 g/mol. The first-order valence-electron chi connectivity index (χ1n) is 8.22. The number of nitrogens with one attached hydrogen (secondary N) is 2. The highest BCUT2D eigenvalue weighted by Gasteiger charge is 2.25.